The standard InChI is InChI=1S/C16H25NO2S/c1-11-10-16(2,3)7-6-12(11)17-13(9-15(18)19)14-5-4-8-20-14/h4-5,8,11-13,17H,6-7,9-10H2,1-3H3,(H,18,19). The number of aliphatic carboxylic acids is 1. The predicted octanol–water partition coefficient (Wildman–Crippen LogP) is 4.07. The van der Waals surface area contributed by atoms with Crippen molar-refractivity contribution < 1.29 is 9.90 Å². The fraction of sp³-hybridized carbons (Fsp3) is 0.688. The van der Waals surface area contributed by atoms with Crippen molar-refractivity contribution in [1.29, 1.82) is 0 Å². The Labute approximate surface area is 125 Å². The topological polar surface area (TPSA) is 49.3 Å². The number of hydrogen-bond donors (Lipinski definition) is 2. The molecule has 3 nitrogen and oxygen atoms in total. The van der Waals surface area contributed by atoms with Gasteiger partial charge < -0.3 is 10.4 Å². The summed E-state index contributed by atoms with van der Waals surface area (Å²) < 4.78 is 0. The molecule has 2 N–H and O–H groups in total. The first-order valence-electron chi connectivity index (χ1n) is 7.39. The van der Waals surface area contributed by atoms with Gasteiger partial charge in [0, 0.05) is 10.9 Å². The van der Waals surface area contributed by atoms with Crippen LogP contribution in [0.1, 0.15) is 57.4 Å². The summed E-state index contributed by atoms with van der Waals surface area (Å²) in [6.45, 7) is 6.94. The van der Waals surface area contributed by atoms with Gasteiger partial charge in [-0.1, -0.05) is 26.8 Å². The molecule has 1 saturated carbocycles. The molecule has 1 heterocycles. The average Bonchev–Trinajstić information content (AvgIpc) is 2.84. The van der Waals surface area contributed by atoms with Gasteiger partial charge in [0.05, 0.1) is 12.5 Å². The SMILES string of the molecule is CC1CC(C)(C)CCC1NC(CC(=O)O)c1cccs1. The molecule has 20 heavy (non-hydrogen) atoms. The van der Waals surface area contributed by atoms with E-state index < -0.39 is 5.97 Å². The molecule has 0 amide bonds. The summed E-state index contributed by atoms with van der Waals surface area (Å²) in [4.78, 5) is 12.2. The second kappa shape index (κ2) is 6.27. The molecule has 0 saturated heterocycles. The van der Waals surface area contributed by atoms with Crippen LogP contribution < -0.4 is 5.32 Å². The van der Waals surface area contributed by atoms with Crippen molar-refractivity contribution in [3.63, 3.8) is 0 Å². The van der Waals surface area contributed by atoms with Gasteiger partial charge in [-0.2, -0.15) is 0 Å². The summed E-state index contributed by atoms with van der Waals surface area (Å²) in [5.41, 5.74) is 0.419. The molecule has 0 spiro atoms. The molecule has 112 valence electrons. The van der Waals surface area contributed by atoms with Crippen molar-refractivity contribution in [2.45, 2.75) is 58.5 Å². The number of carboxylic acid groups (broad SMARTS) is 1. The number of carboxylic acids is 1. The smallest absolute Gasteiger partial charge is 0.305 e. The van der Waals surface area contributed by atoms with E-state index in [-0.39, 0.29) is 12.5 Å². The zero-order valence-corrected chi connectivity index (χ0v) is 13.4. The Morgan fingerprint density at radius 1 is 1.60 bits per heavy atom. The second-order valence-corrected chi connectivity index (χ2v) is 7.80. The lowest BCUT2D eigenvalue weighted by Crippen LogP contribution is -2.43. The lowest BCUT2D eigenvalue weighted by Gasteiger charge is -2.41. The van der Waals surface area contributed by atoms with Crippen molar-refractivity contribution >= 4 is 17.3 Å². The second-order valence-electron chi connectivity index (χ2n) is 6.82. The maximum absolute atomic E-state index is 11.1. The highest BCUT2D eigenvalue weighted by molar-refractivity contribution is 7.10. The van der Waals surface area contributed by atoms with E-state index in [1.807, 2.05) is 17.5 Å². The molecule has 1 aromatic heterocycles. The Balaban J connectivity index is 2.03. The average molecular weight is 295 g/mol. The van der Waals surface area contributed by atoms with E-state index >= 15 is 0 Å². The molecule has 0 aliphatic heterocycles. The van der Waals surface area contributed by atoms with Crippen molar-refractivity contribution in [3.8, 4) is 0 Å². The summed E-state index contributed by atoms with van der Waals surface area (Å²) in [6, 6.07) is 4.39. The molecular weight excluding hydrogens is 270 g/mol. The molecule has 0 radical (unpaired) electrons. The summed E-state index contributed by atoms with van der Waals surface area (Å²) >= 11 is 1.64. The van der Waals surface area contributed by atoms with Crippen molar-refractivity contribution in [2.24, 2.45) is 11.3 Å². The van der Waals surface area contributed by atoms with E-state index in [4.69, 9.17) is 5.11 Å². The molecule has 3 unspecified atom stereocenters. The van der Waals surface area contributed by atoms with Crippen LogP contribution in [0.3, 0.4) is 0 Å². The van der Waals surface area contributed by atoms with Crippen molar-refractivity contribution in [1.82, 2.24) is 5.32 Å². The van der Waals surface area contributed by atoms with E-state index in [1.54, 1.807) is 11.3 Å². The molecule has 2 rings (SSSR count). The Hall–Kier alpha value is -0.870. The van der Waals surface area contributed by atoms with Gasteiger partial charge in [-0.3, -0.25) is 4.79 Å². The fourth-order valence-corrected chi connectivity index (χ4v) is 4.15. The van der Waals surface area contributed by atoms with Crippen LogP contribution in [0.2, 0.25) is 0 Å². The number of thiophene rings is 1. The molecule has 1 fully saturated rings. The lowest BCUT2D eigenvalue weighted by molar-refractivity contribution is -0.137. The summed E-state index contributed by atoms with van der Waals surface area (Å²) in [6.07, 6.45) is 3.71. The highest BCUT2D eigenvalue weighted by Gasteiger charge is 2.33. The van der Waals surface area contributed by atoms with Crippen LogP contribution in [0.25, 0.3) is 0 Å². The summed E-state index contributed by atoms with van der Waals surface area (Å²) in [7, 11) is 0. The third kappa shape index (κ3) is 4.06. The maximum atomic E-state index is 11.1. The largest absolute Gasteiger partial charge is 0.481 e. The van der Waals surface area contributed by atoms with E-state index in [1.165, 1.54) is 12.8 Å². The zero-order valence-electron chi connectivity index (χ0n) is 12.6. The first-order valence-corrected chi connectivity index (χ1v) is 8.26. The number of rotatable bonds is 5. The molecule has 1 aliphatic carbocycles. The van der Waals surface area contributed by atoms with Crippen LogP contribution in [0.4, 0.5) is 0 Å². The first kappa shape index (κ1) is 15.5. The highest BCUT2D eigenvalue weighted by atomic mass is 32.1. The molecule has 0 aromatic carbocycles. The van der Waals surface area contributed by atoms with Gasteiger partial charge in [0.15, 0.2) is 0 Å². The molecule has 1 aromatic rings. The number of nitrogens with one attached hydrogen (secondary N) is 1. The van der Waals surface area contributed by atoms with Gasteiger partial charge in [-0.25, -0.2) is 0 Å². The van der Waals surface area contributed by atoms with E-state index in [2.05, 4.69) is 26.1 Å². The third-order valence-corrected chi connectivity index (χ3v) is 5.36. The Morgan fingerprint density at radius 3 is 2.90 bits per heavy atom. The van der Waals surface area contributed by atoms with Gasteiger partial charge in [-0.15, -0.1) is 11.3 Å². The molecule has 3 atom stereocenters. The first-order chi connectivity index (χ1) is 9.37. The van der Waals surface area contributed by atoms with E-state index in [9.17, 15) is 4.79 Å². The molecule has 1 aliphatic rings. The predicted molar refractivity (Wildman–Crippen MR) is 83.0 cm³/mol. The monoisotopic (exact) mass is 295 g/mol. The minimum atomic E-state index is -0.736. The van der Waals surface area contributed by atoms with Crippen LogP contribution in [-0.2, 0) is 4.79 Å². The Bertz CT molecular complexity index is 441. The Morgan fingerprint density at radius 2 is 2.35 bits per heavy atom. The fourth-order valence-electron chi connectivity index (χ4n) is 3.36. The molecule has 4 heteroatoms. The van der Waals surface area contributed by atoms with Gasteiger partial charge in [-0.05, 0) is 42.0 Å². The lowest BCUT2D eigenvalue weighted by atomic mass is 9.70. The van der Waals surface area contributed by atoms with Gasteiger partial charge in [0.1, 0.15) is 0 Å². The van der Waals surface area contributed by atoms with Crippen LogP contribution in [0.5, 0.6) is 0 Å². The van der Waals surface area contributed by atoms with Gasteiger partial charge >= 0.3 is 5.97 Å². The van der Waals surface area contributed by atoms with Gasteiger partial charge in [0.2, 0.25) is 0 Å². The number of hydrogen-bond acceptors (Lipinski definition) is 3. The van der Waals surface area contributed by atoms with E-state index in [0.29, 0.717) is 17.4 Å². The van der Waals surface area contributed by atoms with Crippen molar-refractivity contribution in [2.75, 3.05) is 0 Å². The Kier molecular flexibility index (Phi) is 4.86. The highest BCUT2D eigenvalue weighted by Crippen LogP contribution is 2.39. The molecule has 0 bridgehead atoms. The quantitative estimate of drug-likeness (QED) is 0.861. The number of carbonyl (C=O) groups is 1. The third-order valence-electron chi connectivity index (χ3n) is 4.37. The minimum absolute atomic E-state index is 0.0545. The minimum Gasteiger partial charge on any atom is -0.481 e. The van der Waals surface area contributed by atoms with Gasteiger partial charge in [0.25, 0.3) is 0 Å². The normalized spacial score (nSPS) is 27.1. The van der Waals surface area contributed by atoms with E-state index in [0.717, 1.165) is 11.3 Å². The van der Waals surface area contributed by atoms with Crippen molar-refractivity contribution in [3.05, 3.63) is 22.4 Å². The van der Waals surface area contributed by atoms with Crippen LogP contribution in [-0.4, -0.2) is 17.1 Å². The van der Waals surface area contributed by atoms with Crippen LogP contribution in [0, 0.1) is 11.3 Å². The summed E-state index contributed by atoms with van der Waals surface area (Å²) in [5.74, 6) is -0.144. The van der Waals surface area contributed by atoms with Crippen LogP contribution >= 0.6 is 11.3 Å². The van der Waals surface area contributed by atoms with Crippen LogP contribution in [0.15, 0.2) is 17.5 Å². The maximum Gasteiger partial charge on any atom is 0.305 e. The molecular formula is C16H25NO2S. The summed E-state index contributed by atoms with van der Waals surface area (Å²) in [5, 5.41) is 14.7. The zero-order chi connectivity index (χ0) is 14.8.